The third-order valence-electron chi connectivity index (χ3n) is 4.58. The number of hydrogen-bond acceptors (Lipinski definition) is 2. The topological polar surface area (TPSA) is 29.5 Å². The average molecular weight is 479 g/mol. The molecule has 3 nitrogen and oxygen atoms in total. The van der Waals surface area contributed by atoms with Gasteiger partial charge in [0.1, 0.15) is 5.75 Å². The Hall–Kier alpha value is -2.86. The van der Waals surface area contributed by atoms with E-state index in [1.807, 2.05) is 91.0 Å². The van der Waals surface area contributed by atoms with Gasteiger partial charge in [-0.05, 0) is 82.3 Å². The minimum absolute atomic E-state index is 0.0316. The highest BCUT2D eigenvalue weighted by Gasteiger charge is 2.30. The van der Waals surface area contributed by atoms with Gasteiger partial charge in [-0.3, -0.25) is 9.69 Å². The number of halogens is 1. The number of ether oxygens (including phenoxy) is 1. The second-order valence-corrected chi connectivity index (χ2v) is 7.63. The Balaban J connectivity index is 1.78. The van der Waals surface area contributed by atoms with Gasteiger partial charge in [0.15, 0.2) is 0 Å². The van der Waals surface area contributed by atoms with Crippen molar-refractivity contribution in [3.8, 4) is 5.75 Å². The molecule has 1 aliphatic heterocycles. The summed E-state index contributed by atoms with van der Waals surface area (Å²) in [4.78, 5) is 15.1. The lowest BCUT2D eigenvalue weighted by atomic mass is 10.1. The standard InChI is InChI=1S/C24H18INO2/c1-28-22-13-7-17(8-14-22)15-19-16-23(18-5-3-2-4-6-18)26(24(19)27)21-11-9-20(25)10-12-21/h2-16H,1H3/b19-15+. The molecule has 3 aromatic rings. The fourth-order valence-electron chi connectivity index (χ4n) is 3.16. The molecule has 0 aliphatic carbocycles. The van der Waals surface area contributed by atoms with Crippen molar-refractivity contribution in [1.82, 2.24) is 0 Å². The second-order valence-electron chi connectivity index (χ2n) is 6.39. The molecule has 0 saturated heterocycles. The molecule has 4 rings (SSSR count). The van der Waals surface area contributed by atoms with Crippen LogP contribution in [0.1, 0.15) is 11.1 Å². The van der Waals surface area contributed by atoms with Gasteiger partial charge in [-0.25, -0.2) is 0 Å². The zero-order valence-electron chi connectivity index (χ0n) is 15.3. The van der Waals surface area contributed by atoms with Gasteiger partial charge in [0.2, 0.25) is 0 Å². The van der Waals surface area contributed by atoms with Crippen LogP contribution in [0.2, 0.25) is 0 Å². The molecule has 0 atom stereocenters. The van der Waals surface area contributed by atoms with E-state index in [9.17, 15) is 4.79 Å². The first-order chi connectivity index (χ1) is 13.7. The molecule has 0 N–H and O–H groups in total. The number of anilines is 1. The summed E-state index contributed by atoms with van der Waals surface area (Å²) in [5.41, 5.74) is 4.36. The molecule has 0 unspecified atom stereocenters. The Bertz CT molecular complexity index is 1050. The maximum Gasteiger partial charge on any atom is 0.262 e. The van der Waals surface area contributed by atoms with Gasteiger partial charge in [-0.2, -0.15) is 0 Å². The van der Waals surface area contributed by atoms with Crippen molar-refractivity contribution in [2.75, 3.05) is 12.0 Å². The van der Waals surface area contributed by atoms with Crippen LogP contribution in [0.3, 0.4) is 0 Å². The molecule has 0 fully saturated rings. The van der Waals surface area contributed by atoms with E-state index in [4.69, 9.17) is 4.74 Å². The quantitative estimate of drug-likeness (QED) is 0.351. The van der Waals surface area contributed by atoms with Gasteiger partial charge in [-0.15, -0.1) is 0 Å². The Morgan fingerprint density at radius 2 is 1.57 bits per heavy atom. The minimum atomic E-state index is -0.0316. The molecular formula is C24H18INO2. The van der Waals surface area contributed by atoms with Crippen molar-refractivity contribution in [3.63, 3.8) is 0 Å². The lowest BCUT2D eigenvalue weighted by Gasteiger charge is -2.21. The van der Waals surface area contributed by atoms with Crippen LogP contribution in [0.15, 0.2) is 90.5 Å². The van der Waals surface area contributed by atoms with E-state index in [0.717, 1.165) is 31.8 Å². The zero-order valence-corrected chi connectivity index (χ0v) is 17.5. The summed E-state index contributed by atoms with van der Waals surface area (Å²) in [6.07, 6.45) is 3.87. The maximum absolute atomic E-state index is 13.3. The first-order valence-corrected chi connectivity index (χ1v) is 9.96. The summed E-state index contributed by atoms with van der Waals surface area (Å²) >= 11 is 2.27. The molecule has 0 saturated carbocycles. The molecule has 138 valence electrons. The van der Waals surface area contributed by atoms with Gasteiger partial charge in [-0.1, -0.05) is 42.5 Å². The highest BCUT2D eigenvalue weighted by molar-refractivity contribution is 14.1. The summed E-state index contributed by atoms with van der Waals surface area (Å²) in [5.74, 6) is 0.761. The molecule has 28 heavy (non-hydrogen) atoms. The highest BCUT2D eigenvalue weighted by Crippen LogP contribution is 2.35. The molecular weight excluding hydrogens is 461 g/mol. The van der Waals surface area contributed by atoms with Crippen molar-refractivity contribution in [2.45, 2.75) is 0 Å². The van der Waals surface area contributed by atoms with Crippen molar-refractivity contribution in [1.29, 1.82) is 0 Å². The molecule has 3 aromatic carbocycles. The van der Waals surface area contributed by atoms with E-state index < -0.39 is 0 Å². The number of benzene rings is 3. The normalized spacial score (nSPS) is 15.1. The summed E-state index contributed by atoms with van der Waals surface area (Å²) in [6.45, 7) is 0. The summed E-state index contributed by atoms with van der Waals surface area (Å²) in [5, 5.41) is 0. The van der Waals surface area contributed by atoms with Crippen LogP contribution >= 0.6 is 22.6 Å². The molecule has 0 spiro atoms. The van der Waals surface area contributed by atoms with Gasteiger partial charge in [0, 0.05) is 14.8 Å². The van der Waals surface area contributed by atoms with Crippen LogP contribution in [-0.2, 0) is 4.79 Å². The van der Waals surface area contributed by atoms with Gasteiger partial charge in [0.25, 0.3) is 5.91 Å². The molecule has 1 aliphatic rings. The van der Waals surface area contributed by atoms with E-state index in [2.05, 4.69) is 22.6 Å². The monoisotopic (exact) mass is 479 g/mol. The third-order valence-corrected chi connectivity index (χ3v) is 5.29. The van der Waals surface area contributed by atoms with Crippen molar-refractivity contribution in [3.05, 3.63) is 105 Å². The number of amides is 1. The van der Waals surface area contributed by atoms with E-state index in [0.29, 0.717) is 5.57 Å². The van der Waals surface area contributed by atoms with E-state index in [1.54, 1.807) is 12.0 Å². The largest absolute Gasteiger partial charge is 0.497 e. The number of rotatable bonds is 4. The molecule has 0 aromatic heterocycles. The van der Waals surface area contributed by atoms with Crippen LogP contribution in [0.25, 0.3) is 11.8 Å². The number of hydrogen-bond donors (Lipinski definition) is 0. The van der Waals surface area contributed by atoms with Crippen LogP contribution in [0.5, 0.6) is 5.75 Å². The van der Waals surface area contributed by atoms with E-state index >= 15 is 0 Å². The number of carbonyl (C=O) groups excluding carboxylic acids is 1. The van der Waals surface area contributed by atoms with Gasteiger partial charge in [0.05, 0.1) is 12.8 Å². The molecule has 1 amide bonds. The summed E-state index contributed by atoms with van der Waals surface area (Å²) in [7, 11) is 1.64. The molecule has 4 heteroatoms. The lowest BCUT2D eigenvalue weighted by Crippen LogP contribution is -2.24. The molecule has 0 radical (unpaired) electrons. The third kappa shape index (κ3) is 3.73. The first kappa shape index (κ1) is 18.5. The highest BCUT2D eigenvalue weighted by atomic mass is 127. The summed E-state index contributed by atoms with van der Waals surface area (Å²) in [6, 6.07) is 25.7. The fraction of sp³-hybridized carbons (Fsp3) is 0.0417. The van der Waals surface area contributed by atoms with E-state index in [-0.39, 0.29) is 5.91 Å². The second kappa shape index (κ2) is 8.02. The Morgan fingerprint density at radius 1 is 0.893 bits per heavy atom. The first-order valence-electron chi connectivity index (χ1n) is 8.88. The van der Waals surface area contributed by atoms with Gasteiger partial charge >= 0.3 is 0 Å². The molecule has 0 bridgehead atoms. The zero-order chi connectivity index (χ0) is 19.5. The predicted molar refractivity (Wildman–Crippen MR) is 122 cm³/mol. The maximum atomic E-state index is 13.3. The average Bonchev–Trinajstić information content (AvgIpc) is 3.06. The lowest BCUT2D eigenvalue weighted by molar-refractivity contribution is -0.113. The smallest absolute Gasteiger partial charge is 0.262 e. The van der Waals surface area contributed by atoms with Gasteiger partial charge < -0.3 is 4.74 Å². The Morgan fingerprint density at radius 3 is 2.21 bits per heavy atom. The number of carbonyl (C=O) groups is 1. The number of nitrogens with zero attached hydrogens (tertiary/aromatic N) is 1. The molecule has 1 heterocycles. The van der Waals surface area contributed by atoms with E-state index in [1.165, 1.54) is 0 Å². The SMILES string of the molecule is COc1ccc(/C=C2\C=C(c3ccccc3)N(c3ccc(I)cc3)C2=O)cc1. The van der Waals surface area contributed by atoms with Crippen molar-refractivity contribution < 1.29 is 9.53 Å². The van der Waals surface area contributed by atoms with Crippen LogP contribution in [0.4, 0.5) is 5.69 Å². The van der Waals surface area contributed by atoms with Crippen molar-refractivity contribution in [2.24, 2.45) is 0 Å². The van der Waals surface area contributed by atoms with Crippen molar-refractivity contribution >= 4 is 46.0 Å². The minimum Gasteiger partial charge on any atom is -0.497 e. The Kier molecular flexibility index (Phi) is 5.30. The van der Waals surface area contributed by atoms with Crippen LogP contribution in [0, 0.1) is 3.57 Å². The number of methoxy groups -OCH3 is 1. The Labute approximate surface area is 178 Å². The van der Waals surface area contributed by atoms with Crippen LogP contribution in [-0.4, -0.2) is 13.0 Å². The predicted octanol–water partition coefficient (Wildman–Crippen LogP) is 5.77. The fourth-order valence-corrected chi connectivity index (χ4v) is 3.52. The van der Waals surface area contributed by atoms with Crippen LogP contribution < -0.4 is 9.64 Å². The summed E-state index contributed by atoms with van der Waals surface area (Å²) < 4.78 is 6.34.